The maximum atomic E-state index is 12.2. The van der Waals surface area contributed by atoms with Crippen molar-refractivity contribution in [1.29, 1.82) is 0 Å². The zero-order valence-electron chi connectivity index (χ0n) is 24.3. The molecule has 6 rings (SSSR count). The largest absolute Gasteiger partial charge is 0.393 e. The quantitative estimate of drug-likeness (QED) is 0.357. The third kappa shape index (κ3) is 4.66. The molecule has 0 aliphatic heterocycles. The number of aromatic nitrogens is 3. The van der Waals surface area contributed by atoms with Crippen molar-refractivity contribution in [3.63, 3.8) is 0 Å². The number of aliphatic hydroxyl groups excluding tert-OH is 2. The molecule has 0 radical (unpaired) electrons. The Morgan fingerprint density at radius 1 is 1.00 bits per heavy atom. The fraction of sp³-hybridized carbons (Fsp3) is 0.933. The van der Waals surface area contributed by atoms with E-state index in [0.717, 1.165) is 57.2 Å². The van der Waals surface area contributed by atoms with Gasteiger partial charge in [0.05, 0.1) is 17.5 Å². The molecule has 5 aliphatic carbocycles. The molecule has 5 fully saturated rings. The first kappa shape index (κ1) is 28.0. The molecule has 5 saturated carbocycles. The van der Waals surface area contributed by atoms with Crippen LogP contribution in [0.4, 0.5) is 5.95 Å². The Bertz CT molecular complexity index is 1150. The Hall–Kier alpha value is -1.19. The molecule has 220 valence electrons. The van der Waals surface area contributed by atoms with Gasteiger partial charge in [-0.25, -0.2) is 8.42 Å². The molecule has 0 bridgehead atoms. The molecule has 5 unspecified atom stereocenters. The molecule has 8 nitrogen and oxygen atoms in total. The lowest BCUT2D eigenvalue weighted by Crippen LogP contribution is -2.62. The van der Waals surface area contributed by atoms with Crippen LogP contribution in [0.2, 0.25) is 0 Å². The van der Waals surface area contributed by atoms with Gasteiger partial charge < -0.3 is 15.2 Å². The van der Waals surface area contributed by atoms with Gasteiger partial charge in [0.25, 0.3) is 0 Å². The van der Waals surface area contributed by atoms with Gasteiger partial charge in [-0.05, 0) is 116 Å². The van der Waals surface area contributed by atoms with Crippen molar-refractivity contribution in [3.05, 3.63) is 5.82 Å². The molecule has 1 aromatic rings. The summed E-state index contributed by atoms with van der Waals surface area (Å²) in [7, 11) is -3.34. The fourth-order valence-electron chi connectivity index (χ4n) is 10.6. The Kier molecular flexibility index (Phi) is 7.15. The topological polar surface area (TPSA) is 128 Å². The maximum Gasteiger partial charge on any atom is 0.237 e. The van der Waals surface area contributed by atoms with Crippen molar-refractivity contribution in [1.82, 2.24) is 15.2 Å². The first-order valence-electron chi connectivity index (χ1n) is 15.8. The third-order valence-corrected chi connectivity index (χ3v) is 14.5. The Morgan fingerprint density at radius 3 is 2.44 bits per heavy atom. The second-order valence-corrected chi connectivity index (χ2v) is 16.6. The summed E-state index contributed by atoms with van der Waals surface area (Å²) in [5.41, 5.74) is 0.476. The average molecular weight is 563 g/mol. The molecule has 4 N–H and O–H groups in total. The highest BCUT2D eigenvalue weighted by molar-refractivity contribution is 7.93. The van der Waals surface area contributed by atoms with E-state index in [2.05, 4.69) is 47.6 Å². The van der Waals surface area contributed by atoms with Crippen LogP contribution in [-0.4, -0.2) is 51.3 Å². The molecule has 0 saturated heterocycles. The van der Waals surface area contributed by atoms with Crippen molar-refractivity contribution < 1.29 is 18.6 Å². The number of hydrogen-bond donors (Lipinski definition) is 4. The maximum absolute atomic E-state index is 12.2. The van der Waals surface area contributed by atoms with Crippen LogP contribution in [0.5, 0.6) is 0 Å². The number of aliphatic hydroxyl groups is 2. The number of nitrogens with zero attached hydrogens (tertiary/aromatic N) is 2. The van der Waals surface area contributed by atoms with Gasteiger partial charge >= 0.3 is 0 Å². The minimum atomic E-state index is -3.34. The van der Waals surface area contributed by atoms with Gasteiger partial charge in [0.1, 0.15) is 5.82 Å². The normalized spacial score (nSPS) is 44.8. The average Bonchev–Trinajstić information content (AvgIpc) is 3.58. The predicted octanol–water partition coefficient (Wildman–Crippen LogP) is 4.90. The molecule has 11 atom stereocenters. The van der Waals surface area contributed by atoms with Crippen molar-refractivity contribution in [3.8, 4) is 0 Å². The Morgan fingerprint density at radius 2 is 1.72 bits per heavy atom. The highest BCUT2D eigenvalue weighted by Crippen LogP contribution is 2.69. The van der Waals surface area contributed by atoms with E-state index in [0.29, 0.717) is 41.4 Å². The summed E-state index contributed by atoms with van der Waals surface area (Å²) in [4.78, 5) is 3.09. The van der Waals surface area contributed by atoms with Crippen LogP contribution in [-0.2, 0) is 16.4 Å². The van der Waals surface area contributed by atoms with Gasteiger partial charge in [0.15, 0.2) is 0 Å². The molecule has 5 aliphatic rings. The third-order valence-electron chi connectivity index (χ3n) is 12.7. The second-order valence-electron chi connectivity index (χ2n) is 14.6. The van der Waals surface area contributed by atoms with Gasteiger partial charge in [0.2, 0.25) is 16.0 Å². The van der Waals surface area contributed by atoms with E-state index in [1.54, 1.807) is 0 Å². The second kappa shape index (κ2) is 9.97. The van der Waals surface area contributed by atoms with Gasteiger partial charge in [0, 0.05) is 6.42 Å². The molecule has 39 heavy (non-hydrogen) atoms. The highest BCUT2D eigenvalue weighted by Gasteiger charge is 2.64. The van der Waals surface area contributed by atoms with E-state index in [1.807, 2.05) is 0 Å². The Balaban J connectivity index is 1.14. The zero-order valence-corrected chi connectivity index (χ0v) is 25.1. The molecular weight excluding hydrogens is 512 g/mol. The predicted molar refractivity (Wildman–Crippen MR) is 151 cm³/mol. The monoisotopic (exact) mass is 562 g/mol. The number of fused-ring (bicyclic) bond motifs is 5. The van der Waals surface area contributed by atoms with Crippen molar-refractivity contribution in [2.24, 2.45) is 52.3 Å². The molecule has 0 aromatic carbocycles. The summed E-state index contributed by atoms with van der Waals surface area (Å²) >= 11 is 0. The van der Waals surface area contributed by atoms with Crippen LogP contribution in [0.1, 0.15) is 104 Å². The number of aryl methyl sites for hydroxylation is 1. The van der Waals surface area contributed by atoms with Crippen LogP contribution in [0.25, 0.3) is 0 Å². The number of nitrogens with one attached hydrogen (secondary N) is 2. The first-order chi connectivity index (χ1) is 18.5. The lowest BCUT2D eigenvalue weighted by atomic mass is 9.41. The number of hydrogen-bond acceptors (Lipinski definition) is 6. The molecule has 9 heteroatoms. The van der Waals surface area contributed by atoms with Crippen molar-refractivity contribution in [2.45, 2.75) is 122 Å². The summed E-state index contributed by atoms with van der Waals surface area (Å²) in [6.45, 7) is 9.64. The minimum absolute atomic E-state index is 0.203. The first-order valence-corrected chi connectivity index (χ1v) is 17.3. The van der Waals surface area contributed by atoms with Crippen LogP contribution in [0.15, 0.2) is 0 Å². The lowest BCUT2D eigenvalue weighted by molar-refractivity contribution is -0.203. The van der Waals surface area contributed by atoms with Crippen molar-refractivity contribution in [2.75, 3.05) is 4.72 Å². The smallest absolute Gasteiger partial charge is 0.237 e. The zero-order chi connectivity index (χ0) is 27.7. The van der Waals surface area contributed by atoms with Gasteiger partial charge in [-0.15, -0.1) is 10.2 Å². The molecule has 1 aromatic heterocycles. The van der Waals surface area contributed by atoms with Crippen LogP contribution in [0.3, 0.4) is 0 Å². The number of anilines is 1. The van der Waals surface area contributed by atoms with E-state index >= 15 is 0 Å². The highest BCUT2D eigenvalue weighted by atomic mass is 32.2. The summed E-state index contributed by atoms with van der Waals surface area (Å²) in [5, 5.41) is 30.4. The van der Waals surface area contributed by atoms with Crippen molar-refractivity contribution >= 4 is 16.0 Å². The minimum Gasteiger partial charge on any atom is -0.393 e. The lowest BCUT2D eigenvalue weighted by Gasteiger charge is -2.64. The Labute approximate surface area is 234 Å². The number of aromatic amines is 1. The summed E-state index contributed by atoms with van der Waals surface area (Å²) in [5.74, 6) is 4.33. The number of rotatable bonds is 8. The van der Waals surface area contributed by atoms with Crippen LogP contribution in [0, 0.1) is 52.3 Å². The van der Waals surface area contributed by atoms with E-state index < -0.39 is 10.0 Å². The summed E-state index contributed by atoms with van der Waals surface area (Å²) in [6.07, 6.45) is 11.5. The SMILES string of the molecule is CC[C@@H]1C2C[C@H](O)CCC2(C)[C@H]2CCC3(C)C([C@H](C)CCc4nnc(NS(=O)(=O)C5CC5)[nH]4)CC[C@H]3C2[C@@H]1O. The van der Waals surface area contributed by atoms with E-state index in [-0.39, 0.29) is 34.2 Å². The summed E-state index contributed by atoms with van der Waals surface area (Å²) in [6, 6.07) is 0. The molecule has 1 heterocycles. The van der Waals surface area contributed by atoms with Gasteiger partial charge in [-0.2, -0.15) is 0 Å². The van der Waals surface area contributed by atoms with Gasteiger partial charge in [-0.1, -0.05) is 34.1 Å². The van der Waals surface area contributed by atoms with Crippen LogP contribution < -0.4 is 4.72 Å². The number of H-pyrrole nitrogens is 1. The standard InChI is InChI=1S/C30H50N4O4S/c1-5-20-24-16-18(35)12-14-30(24,4)23-13-15-29(3)21(9-10-22(29)26(23)27(20)36)17(2)6-11-25-31-28(33-32-25)34-39(37,38)19-7-8-19/h17-24,26-27,35-36H,5-16H2,1-4H3,(H2,31,32,33,34)/t17-,18-,20-,21?,22+,23+,24?,26?,27-,29?,30?/m1/s1. The van der Waals surface area contributed by atoms with E-state index in [1.165, 1.54) is 25.7 Å². The van der Waals surface area contributed by atoms with Crippen LogP contribution >= 0.6 is 0 Å². The molecule has 0 spiro atoms. The van der Waals surface area contributed by atoms with E-state index in [9.17, 15) is 18.6 Å². The number of sulfonamides is 1. The molecule has 0 amide bonds. The molecular formula is C30H50N4O4S. The summed E-state index contributed by atoms with van der Waals surface area (Å²) < 4.78 is 27.0. The van der Waals surface area contributed by atoms with Gasteiger partial charge in [-0.3, -0.25) is 4.72 Å². The van der Waals surface area contributed by atoms with E-state index in [4.69, 9.17) is 0 Å². The fourth-order valence-corrected chi connectivity index (χ4v) is 11.8.